The molecule has 0 bridgehead atoms. The van der Waals surface area contributed by atoms with Crippen molar-refractivity contribution in [2.24, 2.45) is 5.41 Å². The zero-order chi connectivity index (χ0) is 23.7. The molecule has 5 rings (SSSR count). The summed E-state index contributed by atoms with van der Waals surface area (Å²) in [5.41, 5.74) is 7.33. The molecule has 0 spiro atoms. The third-order valence-electron chi connectivity index (χ3n) is 7.18. The standard InChI is InChI=1S/C28H34N6/c1-19-14-25(23(18-29-19)8-12-28(4)10-6-5-7-11-28)22-9-13-34-24(16-22)17-27(33-34)32-26-15-20(2)30-21(3)31-26/h9,13-18H,5-8,10-12H2,1-4H3,(H,30,31,32,33). The van der Waals surface area contributed by atoms with Crippen molar-refractivity contribution in [3.63, 3.8) is 0 Å². The minimum atomic E-state index is 0.466. The van der Waals surface area contributed by atoms with Gasteiger partial charge in [-0.05, 0) is 86.8 Å². The highest BCUT2D eigenvalue weighted by Gasteiger charge is 2.26. The SMILES string of the molecule is Cc1cc(-c2ccn3nc(Nc4cc(C)nc(C)n4)cc3c2)c(CCC2(C)CCCCC2)cn1. The largest absolute Gasteiger partial charge is 0.323 e. The van der Waals surface area contributed by atoms with Gasteiger partial charge in [0.15, 0.2) is 5.82 Å². The van der Waals surface area contributed by atoms with Gasteiger partial charge in [0, 0.05) is 35.9 Å². The number of nitrogens with one attached hydrogen (secondary N) is 1. The zero-order valence-electron chi connectivity index (χ0n) is 20.7. The van der Waals surface area contributed by atoms with Gasteiger partial charge in [0.1, 0.15) is 11.6 Å². The van der Waals surface area contributed by atoms with E-state index in [1.165, 1.54) is 55.2 Å². The van der Waals surface area contributed by atoms with Crippen molar-refractivity contribution in [1.29, 1.82) is 0 Å². The molecule has 1 aliphatic rings. The van der Waals surface area contributed by atoms with Crippen LogP contribution in [0.1, 0.15) is 68.2 Å². The second kappa shape index (κ2) is 9.16. The molecule has 0 atom stereocenters. The van der Waals surface area contributed by atoms with Gasteiger partial charge in [-0.15, -0.1) is 0 Å². The van der Waals surface area contributed by atoms with Crippen molar-refractivity contribution in [1.82, 2.24) is 24.6 Å². The van der Waals surface area contributed by atoms with Gasteiger partial charge in [0.25, 0.3) is 0 Å². The summed E-state index contributed by atoms with van der Waals surface area (Å²) in [5, 5.41) is 8.00. The van der Waals surface area contributed by atoms with Crippen molar-refractivity contribution in [3.8, 4) is 11.1 Å². The van der Waals surface area contributed by atoms with Gasteiger partial charge in [-0.3, -0.25) is 4.98 Å². The summed E-state index contributed by atoms with van der Waals surface area (Å²) in [6.07, 6.45) is 13.3. The smallest absolute Gasteiger partial charge is 0.154 e. The molecule has 4 aromatic heterocycles. The molecule has 4 heterocycles. The molecule has 1 fully saturated rings. The molecule has 0 aliphatic heterocycles. The van der Waals surface area contributed by atoms with Gasteiger partial charge >= 0.3 is 0 Å². The van der Waals surface area contributed by atoms with E-state index in [1.54, 1.807) is 0 Å². The van der Waals surface area contributed by atoms with Crippen molar-refractivity contribution < 1.29 is 0 Å². The molecular formula is C28H34N6. The quantitative estimate of drug-likeness (QED) is 0.349. The van der Waals surface area contributed by atoms with Crippen LogP contribution < -0.4 is 5.32 Å². The maximum Gasteiger partial charge on any atom is 0.154 e. The van der Waals surface area contributed by atoms with E-state index in [-0.39, 0.29) is 0 Å². The lowest BCUT2D eigenvalue weighted by molar-refractivity contribution is 0.199. The first-order valence-electron chi connectivity index (χ1n) is 12.4. The second-order valence-corrected chi connectivity index (χ2v) is 10.2. The third kappa shape index (κ3) is 4.96. The maximum absolute atomic E-state index is 4.68. The fraction of sp³-hybridized carbons (Fsp3) is 0.429. The van der Waals surface area contributed by atoms with Crippen molar-refractivity contribution in [3.05, 3.63) is 65.5 Å². The molecule has 1 aliphatic carbocycles. The van der Waals surface area contributed by atoms with Gasteiger partial charge in [0.05, 0.1) is 5.52 Å². The van der Waals surface area contributed by atoms with Crippen LogP contribution in [0.15, 0.2) is 42.7 Å². The average molecular weight is 455 g/mol. The Balaban J connectivity index is 1.42. The summed E-state index contributed by atoms with van der Waals surface area (Å²) in [6.45, 7) is 8.41. The van der Waals surface area contributed by atoms with Gasteiger partial charge < -0.3 is 5.32 Å². The number of aryl methyl sites for hydroxylation is 4. The van der Waals surface area contributed by atoms with E-state index < -0.39 is 0 Å². The normalized spacial score (nSPS) is 15.5. The van der Waals surface area contributed by atoms with Gasteiger partial charge in [-0.1, -0.05) is 26.2 Å². The molecule has 4 aromatic rings. The fourth-order valence-electron chi connectivity index (χ4n) is 5.28. The molecular weight excluding hydrogens is 420 g/mol. The van der Waals surface area contributed by atoms with Crippen LogP contribution in [-0.2, 0) is 6.42 Å². The Morgan fingerprint density at radius 1 is 0.941 bits per heavy atom. The monoisotopic (exact) mass is 454 g/mol. The van der Waals surface area contributed by atoms with Crippen LogP contribution in [-0.4, -0.2) is 24.6 Å². The van der Waals surface area contributed by atoms with Gasteiger partial charge in [0.2, 0.25) is 0 Å². The van der Waals surface area contributed by atoms with Crippen LogP contribution in [0.2, 0.25) is 0 Å². The molecule has 1 N–H and O–H groups in total. The molecule has 0 unspecified atom stereocenters. The van der Waals surface area contributed by atoms with Crippen LogP contribution in [0.5, 0.6) is 0 Å². The molecule has 0 aromatic carbocycles. The number of fused-ring (bicyclic) bond motifs is 1. The lowest BCUT2D eigenvalue weighted by Gasteiger charge is -2.33. The number of rotatable bonds is 6. The first kappa shape index (κ1) is 22.5. The number of anilines is 2. The average Bonchev–Trinajstić information content (AvgIpc) is 3.19. The summed E-state index contributed by atoms with van der Waals surface area (Å²) in [6, 6.07) is 10.6. The summed E-state index contributed by atoms with van der Waals surface area (Å²) < 4.78 is 1.91. The van der Waals surface area contributed by atoms with Crippen LogP contribution >= 0.6 is 0 Å². The molecule has 1 saturated carbocycles. The highest BCUT2D eigenvalue weighted by Crippen LogP contribution is 2.40. The molecule has 34 heavy (non-hydrogen) atoms. The van der Waals surface area contributed by atoms with Gasteiger partial charge in [-0.25, -0.2) is 14.5 Å². The summed E-state index contributed by atoms with van der Waals surface area (Å²) in [7, 11) is 0. The first-order chi connectivity index (χ1) is 16.4. The number of aromatic nitrogens is 5. The lowest BCUT2D eigenvalue weighted by atomic mass is 9.72. The molecule has 176 valence electrons. The van der Waals surface area contributed by atoms with Crippen LogP contribution in [0, 0.1) is 26.2 Å². The molecule has 0 amide bonds. The van der Waals surface area contributed by atoms with Gasteiger partial charge in [-0.2, -0.15) is 5.10 Å². The number of nitrogens with zero attached hydrogens (tertiary/aromatic N) is 5. The Hall–Kier alpha value is -3.28. The van der Waals surface area contributed by atoms with Crippen molar-refractivity contribution >= 4 is 17.2 Å². The summed E-state index contributed by atoms with van der Waals surface area (Å²) >= 11 is 0. The highest BCUT2D eigenvalue weighted by atomic mass is 15.3. The minimum Gasteiger partial charge on any atom is -0.323 e. The van der Waals surface area contributed by atoms with Crippen LogP contribution in [0.25, 0.3) is 16.6 Å². The second-order valence-electron chi connectivity index (χ2n) is 10.2. The minimum absolute atomic E-state index is 0.466. The lowest BCUT2D eigenvalue weighted by Crippen LogP contribution is -2.21. The van der Waals surface area contributed by atoms with E-state index >= 15 is 0 Å². The molecule has 0 radical (unpaired) electrons. The van der Waals surface area contributed by atoms with E-state index in [4.69, 9.17) is 0 Å². The highest BCUT2D eigenvalue weighted by molar-refractivity contribution is 5.73. The maximum atomic E-state index is 4.68. The molecule has 6 heteroatoms. The Bertz CT molecular complexity index is 1300. The number of pyridine rings is 2. The molecule has 6 nitrogen and oxygen atoms in total. The van der Waals surface area contributed by atoms with E-state index in [1.807, 2.05) is 30.6 Å². The summed E-state index contributed by atoms with van der Waals surface area (Å²) in [4.78, 5) is 13.5. The predicted octanol–water partition coefficient (Wildman–Crippen LogP) is 6.76. The fourth-order valence-corrected chi connectivity index (χ4v) is 5.28. The predicted molar refractivity (Wildman–Crippen MR) is 137 cm³/mol. The Morgan fingerprint density at radius 2 is 1.76 bits per heavy atom. The zero-order valence-corrected chi connectivity index (χ0v) is 20.7. The van der Waals surface area contributed by atoms with Crippen molar-refractivity contribution in [2.75, 3.05) is 5.32 Å². The first-order valence-corrected chi connectivity index (χ1v) is 12.4. The number of hydrogen-bond donors (Lipinski definition) is 1. The molecule has 0 saturated heterocycles. The third-order valence-corrected chi connectivity index (χ3v) is 7.18. The van der Waals surface area contributed by atoms with E-state index in [0.717, 1.165) is 40.8 Å². The van der Waals surface area contributed by atoms with E-state index in [9.17, 15) is 0 Å². The van der Waals surface area contributed by atoms with Crippen LogP contribution in [0.3, 0.4) is 0 Å². The van der Waals surface area contributed by atoms with E-state index in [2.05, 4.69) is 69.7 Å². The van der Waals surface area contributed by atoms with Crippen LogP contribution in [0.4, 0.5) is 11.6 Å². The van der Waals surface area contributed by atoms with Crippen molar-refractivity contribution in [2.45, 2.75) is 72.6 Å². The topological polar surface area (TPSA) is 68.0 Å². The summed E-state index contributed by atoms with van der Waals surface area (Å²) in [5.74, 6) is 2.28. The number of hydrogen-bond acceptors (Lipinski definition) is 5. The Kier molecular flexibility index (Phi) is 6.07. The Labute approximate surface area is 201 Å². The Morgan fingerprint density at radius 3 is 2.56 bits per heavy atom. The van der Waals surface area contributed by atoms with E-state index in [0.29, 0.717) is 5.41 Å².